The SMILES string of the molecule is COC(=O)c1ccc(OC[C@@H]2CC[C@@H]3CN(c4noc5ccccc45)CCN3C2)nc1. The van der Waals surface area contributed by atoms with Crippen LogP contribution in [0.15, 0.2) is 47.1 Å². The molecule has 162 valence electrons. The maximum Gasteiger partial charge on any atom is 0.339 e. The third kappa shape index (κ3) is 4.07. The van der Waals surface area contributed by atoms with Crippen LogP contribution in [-0.4, -0.2) is 66.9 Å². The maximum absolute atomic E-state index is 11.5. The highest BCUT2D eigenvalue weighted by molar-refractivity contribution is 5.89. The Hall–Kier alpha value is -3.13. The van der Waals surface area contributed by atoms with E-state index in [1.54, 1.807) is 12.1 Å². The molecule has 5 rings (SSSR count). The predicted octanol–water partition coefficient (Wildman–Crippen LogP) is 2.99. The van der Waals surface area contributed by atoms with Crippen LogP contribution in [0.3, 0.4) is 0 Å². The number of carbonyl (C=O) groups excluding carboxylic acids is 1. The zero-order valence-corrected chi connectivity index (χ0v) is 17.6. The Balaban J connectivity index is 1.15. The molecule has 8 heteroatoms. The van der Waals surface area contributed by atoms with Crippen molar-refractivity contribution in [3.8, 4) is 5.88 Å². The fraction of sp³-hybridized carbons (Fsp3) is 0.435. The van der Waals surface area contributed by atoms with Crippen LogP contribution < -0.4 is 9.64 Å². The number of hydrogen-bond donors (Lipinski definition) is 0. The van der Waals surface area contributed by atoms with Crippen LogP contribution in [0.1, 0.15) is 23.2 Å². The van der Waals surface area contributed by atoms with Gasteiger partial charge in [-0.1, -0.05) is 17.3 Å². The second-order valence-electron chi connectivity index (χ2n) is 8.23. The number of pyridine rings is 1. The number of aromatic nitrogens is 2. The molecular weight excluding hydrogens is 396 g/mol. The molecule has 0 aliphatic carbocycles. The highest BCUT2D eigenvalue weighted by Gasteiger charge is 2.34. The van der Waals surface area contributed by atoms with Crippen LogP contribution in [0.2, 0.25) is 0 Å². The average Bonchev–Trinajstić information content (AvgIpc) is 3.26. The number of benzene rings is 1. The third-order valence-electron chi connectivity index (χ3n) is 6.29. The van der Waals surface area contributed by atoms with E-state index < -0.39 is 5.97 Å². The van der Waals surface area contributed by atoms with Crippen molar-refractivity contribution in [3.63, 3.8) is 0 Å². The van der Waals surface area contributed by atoms with Gasteiger partial charge in [-0.15, -0.1) is 0 Å². The first kappa shape index (κ1) is 19.8. The van der Waals surface area contributed by atoms with Gasteiger partial charge in [0.15, 0.2) is 11.4 Å². The fourth-order valence-corrected chi connectivity index (χ4v) is 4.59. The number of hydrogen-bond acceptors (Lipinski definition) is 8. The minimum Gasteiger partial charge on any atom is -0.477 e. The van der Waals surface area contributed by atoms with Crippen LogP contribution in [0.5, 0.6) is 5.88 Å². The van der Waals surface area contributed by atoms with Crippen molar-refractivity contribution in [2.24, 2.45) is 5.92 Å². The number of fused-ring (bicyclic) bond motifs is 2. The number of rotatable bonds is 5. The smallest absolute Gasteiger partial charge is 0.339 e. The Bertz CT molecular complexity index is 1050. The van der Waals surface area contributed by atoms with E-state index in [2.05, 4.69) is 26.0 Å². The molecule has 1 aromatic carbocycles. The number of piperazine rings is 1. The summed E-state index contributed by atoms with van der Waals surface area (Å²) in [5.41, 5.74) is 1.27. The molecule has 0 radical (unpaired) electrons. The first-order valence-corrected chi connectivity index (χ1v) is 10.7. The summed E-state index contributed by atoms with van der Waals surface area (Å²) in [5, 5.41) is 5.42. The van der Waals surface area contributed by atoms with Crippen LogP contribution in [0, 0.1) is 5.92 Å². The molecule has 8 nitrogen and oxygen atoms in total. The standard InChI is InChI=1S/C23H26N4O4/c1-29-23(28)17-7-9-21(24-12-17)30-15-16-6-8-18-14-27(11-10-26(18)13-16)22-19-4-2-3-5-20(19)31-25-22/h2-5,7,9,12,16,18H,6,8,10-11,13-15H2,1H3/t16-,18-/m1/s1. The van der Waals surface area contributed by atoms with Crippen LogP contribution in [0.4, 0.5) is 5.82 Å². The van der Waals surface area contributed by atoms with Crippen LogP contribution in [0.25, 0.3) is 11.0 Å². The van der Waals surface area contributed by atoms with E-state index in [1.165, 1.54) is 13.3 Å². The molecule has 2 aliphatic heterocycles. The normalized spacial score (nSPS) is 21.6. The van der Waals surface area contributed by atoms with E-state index in [4.69, 9.17) is 14.0 Å². The largest absolute Gasteiger partial charge is 0.477 e. The van der Waals surface area contributed by atoms with Crippen LogP contribution in [-0.2, 0) is 4.74 Å². The number of esters is 1. The van der Waals surface area contributed by atoms with Crippen molar-refractivity contribution < 1.29 is 18.8 Å². The molecule has 2 fully saturated rings. The van der Waals surface area contributed by atoms with Gasteiger partial charge in [-0.05, 0) is 31.0 Å². The number of anilines is 1. The molecular formula is C23H26N4O4. The summed E-state index contributed by atoms with van der Waals surface area (Å²) >= 11 is 0. The quantitative estimate of drug-likeness (QED) is 0.581. The zero-order chi connectivity index (χ0) is 21.2. The van der Waals surface area contributed by atoms with E-state index in [1.807, 2.05) is 18.2 Å². The monoisotopic (exact) mass is 422 g/mol. The first-order valence-electron chi connectivity index (χ1n) is 10.7. The van der Waals surface area contributed by atoms with Gasteiger partial charge >= 0.3 is 5.97 Å². The molecule has 0 N–H and O–H groups in total. The van der Waals surface area contributed by atoms with E-state index in [0.717, 1.165) is 55.8 Å². The zero-order valence-electron chi connectivity index (χ0n) is 17.6. The van der Waals surface area contributed by atoms with Gasteiger partial charge < -0.3 is 18.9 Å². The molecule has 2 saturated heterocycles. The molecule has 0 saturated carbocycles. The number of methoxy groups -OCH3 is 1. The predicted molar refractivity (Wildman–Crippen MR) is 115 cm³/mol. The highest BCUT2D eigenvalue weighted by atomic mass is 16.5. The van der Waals surface area contributed by atoms with Gasteiger partial charge in [0.25, 0.3) is 0 Å². The number of ether oxygens (including phenoxy) is 2. The lowest BCUT2D eigenvalue weighted by Gasteiger charge is -2.46. The van der Waals surface area contributed by atoms with Gasteiger partial charge in [-0.2, -0.15) is 0 Å². The lowest BCUT2D eigenvalue weighted by atomic mass is 9.91. The summed E-state index contributed by atoms with van der Waals surface area (Å²) < 4.78 is 16.1. The van der Waals surface area contributed by atoms with Crippen molar-refractivity contribution in [2.45, 2.75) is 18.9 Å². The summed E-state index contributed by atoms with van der Waals surface area (Å²) in [6, 6.07) is 12.0. The Morgan fingerprint density at radius 3 is 2.90 bits per heavy atom. The summed E-state index contributed by atoms with van der Waals surface area (Å²) in [6.45, 7) is 4.58. The van der Waals surface area contributed by atoms with Gasteiger partial charge in [0, 0.05) is 50.4 Å². The Morgan fingerprint density at radius 1 is 1.16 bits per heavy atom. The van der Waals surface area contributed by atoms with Gasteiger partial charge in [0.05, 0.1) is 24.7 Å². The summed E-state index contributed by atoms with van der Waals surface area (Å²) in [5.74, 6) is 1.58. The lowest BCUT2D eigenvalue weighted by molar-refractivity contribution is 0.0599. The highest BCUT2D eigenvalue weighted by Crippen LogP contribution is 2.31. The van der Waals surface area contributed by atoms with Crippen LogP contribution >= 0.6 is 0 Å². The number of nitrogens with zero attached hydrogens (tertiary/aromatic N) is 4. The lowest BCUT2D eigenvalue weighted by Crippen LogP contribution is -2.57. The van der Waals surface area contributed by atoms with Crippen molar-refractivity contribution in [1.29, 1.82) is 0 Å². The molecule has 31 heavy (non-hydrogen) atoms. The van der Waals surface area contributed by atoms with Gasteiger partial charge in [0.2, 0.25) is 5.88 Å². The second-order valence-corrected chi connectivity index (χ2v) is 8.23. The number of carbonyl (C=O) groups is 1. The summed E-state index contributed by atoms with van der Waals surface area (Å²) in [4.78, 5) is 20.7. The van der Waals surface area contributed by atoms with Crippen molar-refractivity contribution >= 4 is 22.8 Å². The molecule has 2 atom stereocenters. The third-order valence-corrected chi connectivity index (χ3v) is 6.29. The Kier molecular flexibility index (Phi) is 5.46. The summed E-state index contributed by atoms with van der Waals surface area (Å²) in [6.07, 6.45) is 3.74. The molecule has 2 aromatic heterocycles. The van der Waals surface area contributed by atoms with E-state index in [0.29, 0.717) is 30.0 Å². The van der Waals surface area contributed by atoms with E-state index >= 15 is 0 Å². The average molecular weight is 422 g/mol. The summed E-state index contributed by atoms with van der Waals surface area (Å²) in [7, 11) is 1.36. The topological polar surface area (TPSA) is 80.9 Å². The minimum absolute atomic E-state index is 0.393. The maximum atomic E-state index is 11.5. The molecule has 0 bridgehead atoms. The first-order chi connectivity index (χ1) is 15.2. The second kappa shape index (κ2) is 8.55. The fourth-order valence-electron chi connectivity index (χ4n) is 4.59. The van der Waals surface area contributed by atoms with Crippen molar-refractivity contribution in [1.82, 2.24) is 15.0 Å². The molecule has 0 spiro atoms. The number of para-hydroxylation sites is 1. The van der Waals surface area contributed by atoms with Gasteiger partial charge in [-0.3, -0.25) is 4.90 Å². The minimum atomic E-state index is -0.393. The van der Waals surface area contributed by atoms with Gasteiger partial charge in [-0.25, -0.2) is 9.78 Å². The molecule has 0 unspecified atom stereocenters. The van der Waals surface area contributed by atoms with E-state index in [-0.39, 0.29) is 0 Å². The molecule has 0 amide bonds. The Labute approximate surface area is 180 Å². The molecule has 2 aliphatic rings. The van der Waals surface area contributed by atoms with Crippen molar-refractivity contribution in [3.05, 3.63) is 48.2 Å². The molecule has 3 aromatic rings. The van der Waals surface area contributed by atoms with E-state index in [9.17, 15) is 4.79 Å². The number of piperidine rings is 1. The van der Waals surface area contributed by atoms with Crippen molar-refractivity contribution in [2.75, 3.05) is 44.8 Å². The van der Waals surface area contributed by atoms with Gasteiger partial charge in [0.1, 0.15) is 0 Å². The molecule has 4 heterocycles. The Morgan fingerprint density at radius 2 is 2.06 bits per heavy atom.